The van der Waals surface area contributed by atoms with Crippen LogP contribution in [0.3, 0.4) is 0 Å². The van der Waals surface area contributed by atoms with E-state index >= 15 is 0 Å². The topological polar surface area (TPSA) is 27.7 Å². The van der Waals surface area contributed by atoms with Gasteiger partial charge >= 0.3 is 6.72 Å². The predicted octanol–water partition coefficient (Wildman–Crippen LogP) is 0.906. The number of hydrogen-bond donors (Lipinski definition) is 0. The summed E-state index contributed by atoms with van der Waals surface area (Å²) >= 11 is 4.86. The molecule has 0 N–H and O–H groups in total. The van der Waals surface area contributed by atoms with E-state index in [0.29, 0.717) is 6.61 Å². The highest BCUT2D eigenvalue weighted by Crippen LogP contribution is 2.54. The summed E-state index contributed by atoms with van der Waals surface area (Å²) in [5, 5.41) is 0. The predicted molar refractivity (Wildman–Crippen MR) is 41.0 cm³/mol. The molecular formula is C5H7O3PS. The molecule has 0 aromatic rings. The molecule has 56 valence electrons. The van der Waals surface area contributed by atoms with Gasteiger partial charge in [-0.1, -0.05) is 5.92 Å². The molecule has 0 aromatic heterocycles. The lowest BCUT2D eigenvalue weighted by atomic mass is 10.4. The summed E-state index contributed by atoms with van der Waals surface area (Å²) in [7, 11) is 1.46. The Bertz CT molecular complexity index is 209. The minimum absolute atomic E-state index is 0.328. The Hall–Kier alpha value is 0.0900. The maximum Gasteiger partial charge on any atom is 0.328 e. The van der Waals surface area contributed by atoms with Gasteiger partial charge in [0, 0.05) is 7.11 Å². The zero-order valence-electron chi connectivity index (χ0n) is 5.44. The van der Waals surface area contributed by atoms with E-state index < -0.39 is 6.72 Å². The van der Waals surface area contributed by atoms with Crippen molar-refractivity contribution in [2.75, 3.05) is 13.7 Å². The smallest absolute Gasteiger partial charge is 0.312 e. The van der Waals surface area contributed by atoms with E-state index in [0.717, 1.165) is 0 Å². The van der Waals surface area contributed by atoms with E-state index in [1.165, 1.54) is 7.11 Å². The van der Waals surface area contributed by atoms with Crippen LogP contribution >= 0.6 is 6.72 Å². The second kappa shape index (κ2) is 3.00. The van der Waals surface area contributed by atoms with Crippen molar-refractivity contribution in [1.82, 2.24) is 0 Å². The van der Waals surface area contributed by atoms with Gasteiger partial charge in [0.05, 0.1) is 6.61 Å². The molecule has 0 bridgehead atoms. The fourth-order valence-corrected chi connectivity index (χ4v) is 2.05. The zero-order valence-corrected chi connectivity index (χ0v) is 7.15. The normalized spacial score (nSPS) is 39.4. The molecule has 1 saturated heterocycles. The van der Waals surface area contributed by atoms with Gasteiger partial charge in [-0.25, -0.2) is 0 Å². The molecule has 2 atom stereocenters. The molecule has 0 spiro atoms. The average molecular weight is 178 g/mol. The van der Waals surface area contributed by atoms with Gasteiger partial charge in [0.1, 0.15) is 0 Å². The van der Waals surface area contributed by atoms with Crippen molar-refractivity contribution in [2.45, 2.75) is 6.10 Å². The van der Waals surface area contributed by atoms with Gasteiger partial charge in [-0.2, -0.15) is 0 Å². The maximum absolute atomic E-state index is 5.09. The Balaban J connectivity index is 2.60. The van der Waals surface area contributed by atoms with Crippen LogP contribution in [0.15, 0.2) is 0 Å². The first kappa shape index (κ1) is 8.19. The fraction of sp³-hybridized carbons (Fsp3) is 0.600. The molecule has 1 heterocycles. The fourth-order valence-electron chi connectivity index (χ4n) is 0.550. The minimum atomic E-state index is -2.43. The van der Waals surface area contributed by atoms with Crippen LogP contribution in [0.4, 0.5) is 0 Å². The van der Waals surface area contributed by atoms with Gasteiger partial charge in [0.25, 0.3) is 0 Å². The SMILES string of the molecule is C#CC1COP(=S)(OC)O1. The summed E-state index contributed by atoms with van der Waals surface area (Å²) in [5.41, 5.74) is 0. The number of terminal acetylenes is 1. The number of hydrogen-bond acceptors (Lipinski definition) is 4. The monoisotopic (exact) mass is 178 g/mol. The second-order valence-electron chi connectivity index (χ2n) is 1.69. The van der Waals surface area contributed by atoms with Crippen LogP contribution in [0, 0.1) is 12.3 Å². The van der Waals surface area contributed by atoms with Crippen LogP contribution in [-0.4, -0.2) is 19.8 Å². The molecule has 0 saturated carbocycles. The van der Waals surface area contributed by atoms with Crippen LogP contribution in [0.5, 0.6) is 0 Å². The van der Waals surface area contributed by atoms with Crippen LogP contribution in [-0.2, 0) is 25.4 Å². The molecule has 0 aliphatic carbocycles. The van der Waals surface area contributed by atoms with E-state index in [1.807, 2.05) is 0 Å². The van der Waals surface area contributed by atoms with E-state index in [2.05, 4.69) is 5.92 Å². The lowest BCUT2D eigenvalue weighted by Crippen LogP contribution is -2.03. The Labute approximate surface area is 64.9 Å². The van der Waals surface area contributed by atoms with Crippen LogP contribution in [0.25, 0.3) is 0 Å². The Kier molecular flexibility index (Phi) is 2.45. The van der Waals surface area contributed by atoms with Crippen LogP contribution < -0.4 is 0 Å². The van der Waals surface area contributed by atoms with Crippen molar-refractivity contribution in [3.63, 3.8) is 0 Å². The van der Waals surface area contributed by atoms with Gasteiger partial charge in [-0.3, -0.25) is 4.52 Å². The Morgan fingerprint density at radius 3 is 2.90 bits per heavy atom. The number of rotatable bonds is 1. The van der Waals surface area contributed by atoms with Crippen LogP contribution in [0.2, 0.25) is 0 Å². The molecule has 5 heteroatoms. The third kappa shape index (κ3) is 1.57. The average Bonchev–Trinajstić information content (AvgIpc) is 2.33. The third-order valence-corrected chi connectivity index (χ3v) is 3.50. The standard InChI is InChI=1S/C5H7O3PS/c1-3-5-4-7-9(10,6-2)8-5/h1,5H,4H2,2H3. The van der Waals surface area contributed by atoms with Crippen molar-refractivity contribution < 1.29 is 13.6 Å². The van der Waals surface area contributed by atoms with Gasteiger partial charge in [-0.05, 0) is 11.8 Å². The second-order valence-corrected chi connectivity index (χ2v) is 4.76. The van der Waals surface area contributed by atoms with Gasteiger partial charge in [0.15, 0.2) is 6.10 Å². The highest BCUT2D eigenvalue weighted by Gasteiger charge is 2.31. The first-order valence-corrected chi connectivity index (χ1v) is 5.20. The molecule has 0 radical (unpaired) electrons. The molecule has 1 rings (SSSR count). The molecule has 0 amide bonds. The first-order valence-electron chi connectivity index (χ1n) is 2.65. The lowest BCUT2D eigenvalue weighted by Gasteiger charge is -2.08. The highest BCUT2D eigenvalue weighted by molar-refractivity contribution is 8.07. The molecule has 3 nitrogen and oxygen atoms in total. The van der Waals surface area contributed by atoms with Gasteiger partial charge < -0.3 is 9.05 Å². The third-order valence-electron chi connectivity index (χ3n) is 1.05. The largest absolute Gasteiger partial charge is 0.328 e. The van der Waals surface area contributed by atoms with E-state index in [1.54, 1.807) is 0 Å². The summed E-state index contributed by atoms with van der Waals surface area (Å²) in [4.78, 5) is 0. The zero-order chi connectivity index (χ0) is 7.61. The van der Waals surface area contributed by atoms with Crippen molar-refractivity contribution >= 4 is 18.5 Å². The van der Waals surface area contributed by atoms with Gasteiger partial charge in [-0.15, -0.1) is 6.42 Å². The van der Waals surface area contributed by atoms with Crippen molar-refractivity contribution in [3.8, 4) is 12.3 Å². The summed E-state index contributed by atoms with van der Waals surface area (Å²) in [6.07, 6.45) is 4.74. The highest BCUT2D eigenvalue weighted by atomic mass is 32.5. The van der Waals surface area contributed by atoms with E-state index in [9.17, 15) is 0 Å². The molecule has 1 aliphatic heterocycles. The molecule has 1 aliphatic rings. The molecular weight excluding hydrogens is 171 g/mol. The molecule has 0 aromatic carbocycles. The van der Waals surface area contributed by atoms with E-state index in [-0.39, 0.29) is 6.10 Å². The minimum Gasteiger partial charge on any atom is -0.312 e. The van der Waals surface area contributed by atoms with E-state index in [4.69, 9.17) is 31.8 Å². The summed E-state index contributed by atoms with van der Waals surface area (Å²) in [5.74, 6) is 2.39. The summed E-state index contributed by atoms with van der Waals surface area (Å²) in [6, 6.07) is 0. The summed E-state index contributed by atoms with van der Waals surface area (Å²) in [6.45, 7) is -2.08. The summed E-state index contributed by atoms with van der Waals surface area (Å²) < 4.78 is 14.9. The Morgan fingerprint density at radius 2 is 2.60 bits per heavy atom. The maximum atomic E-state index is 5.09. The van der Waals surface area contributed by atoms with Crippen molar-refractivity contribution in [1.29, 1.82) is 0 Å². The van der Waals surface area contributed by atoms with Crippen molar-refractivity contribution in [2.24, 2.45) is 0 Å². The van der Waals surface area contributed by atoms with Gasteiger partial charge in [0.2, 0.25) is 0 Å². The Morgan fingerprint density at radius 1 is 1.90 bits per heavy atom. The molecule has 1 fully saturated rings. The quantitative estimate of drug-likeness (QED) is 0.440. The molecule has 2 unspecified atom stereocenters. The van der Waals surface area contributed by atoms with Crippen molar-refractivity contribution in [3.05, 3.63) is 0 Å². The lowest BCUT2D eigenvalue weighted by molar-refractivity contribution is 0.275. The molecule has 10 heavy (non-hydrogen) atoms. The first-order chi connectivity index (χ1) is 4.70. The van der Waals surface area contributed by atoms with Crippen LogP contribution in [0.1, 0.15) is 0 Å².